The summed E-state index contributed by atoms with van der Waals surface area (Å²) < 4.78 is 2.20. The number of aryl methyl sites for hydroxylation is 3. The molecule has 0 radical (unpaired) electrons. The van der Waals surface area contributed by atoms with Crippen LogP contribution in [0.1, 0.15) is 30.2 Å². The van der Waals surface area contributed by atoms with E-state index in [1.807, 2.05) is 26.5 Å². The van der Waals surface area contributed by atoms with E-state index in [1.54, 1.807) is 11.3 Å². The van der Waals surface area contributed by atoms with Crippen LogP contribution in [-0.2, 0) is 18.5 Å². The molecule has 2 aromatic rings. The number of hydrogen-bond acceptors (Lipinski definition) is 4. The lowest BCUT2D eigenvalue weighted by atomic mass is 10.0. The second-order valence-corrected chi connectivity index (χ2v) is 5.92. The lowest BCUT2D eigenvalue weighted by molar-refractivity contribution is 0.408. The highest BCUT2D eigenvalue weighted by atomic mass is 32.1. The lowest BCUT2D eigenvalue weighted by Crippen LogP contribution is -2.35. The highest BCUT2D eigenvalue weighted by Crippen LogP contribution is 2.19. The van der Waals surface area contributed by atoms with Crippen molar-refractivity contribution in [3.8, 4) is 0 Å². The van der Waals surface area contributed by atoms with Crippen LogP contribution in [0.25, 0.3) is 0 Å². The smallest absolute Gasteiger partial charge is 0.0948 e. The van der Waals surface area contributed by atoms with Crippen molar-refractivity contribution in [3.05, 3.63) is 34.3 Å². The van der Waals surface area contributed by atoms with Gasteiger partial charge in [-0.05, 0) is 27.8 Å². The highest BCUT2D eigenvalue weighted by molar-refractivity contribution is 7.09. The van der Waals surface area contributed by atoms with Gasteiger partial charge in [0, 0.05) is 30.2 Å². The molecule has 0 aliphatic heterocycles. The number of hydrogen-bond donors (Lipinski definition) is 1. The summed E-state index contributed by atoms with van der Waals surface area (Å²) in [5.74, 6) is 0. The van der Waals surface area contributed by atoms with Gasteiger partial charge in [0.25, 0.3) is 0 Å². The van der Waals surface area contributed by atoms with E-state index in [0.29, 0.717) is 0 Å². The Kier molecular flexibility index (Phi) is 3.82. The van der Waals surface area contributed by atoms with E-state index in [0.717, 1.165) is 18.7 Å². The first-order chi connectivity index (χ1) is 8.53. The molecule has 0 bridgehead atoms. The topological polar surface area (TPSA) is 42.7 Å². The van der Waals surface area contributed by atoms with E-state index < -0.39 is 0 Å². The Hall–Kier alpha value is -1.20. The summed E-state index contributed by atoms with van der Waals surface area (Å²) in [7, 11) is 1.97. The zero-order valence-corrected chi connectivity index (χ0v) is 12.2. The van der Waals surface area contributed by atoms with Gasteiger partial charge >= 0.3 is 0 Å². The van der Waals surface area contributed by atoms with Gasteiger partial charge in [-0.15, -0.1) is 11.3 Å². The number of thiazole rings is 1. The van der Waals surface area contributed by atoms with E-state index >= 15 is 0 Å². The molecule has 0 spiro atoms. The normalized spacial score (nSPS) is 12.0. The predicted octanol–water partition coefficient (Wildman–Crippen LogP) is 2.35. The molecule has 2 heterocycles. The molecule has 0 fully saturated rings. The van der Waals surface area contributed by atoms with Crippen molar-refractivity contribution in [1.82, 2.24) is 19.9 Å². The molecule has 4 nitrogen and oxygen atoms in total. The van der Waals surface area contributed by atoms with Crippen molar-refractivity contribution in [3.63, 3.8) is 0 Å². The molecule has 0 aliphatic rings. The second-order valence-electron chi connectivity index (χ2n) is 4.98. The zero-order chi connectivity index (χ0) is 13.2. The number of rotatable bonds is 5. The van der Waals surface area contributed by atoms with E-state index in [1.165, 1.54) is 10.7 Å². The molecule has 2 aromatic heterocycles. The summed E-state index contributed by atoms with van der Waals surface area (Å²) in [6.07, 6.45) is 4.79. The van der Waals surface area contributed by atoms with Crippen molar-refractivity contribution in [1.29, 1.82) is 0 Å². The minimum atomic E-state index is -0.0602. The molecule has 0 unspecified atom stereocenters. The number of nitrogens with zero attached hydrogens (tertiary/aromatic N) is 3. The molecular weight excluding hydrogens is 244 g/mol. The Morgan fingerprint density at radius 3 is 2.83 bits per heavy atom. The lowest BCUT2D eigenvalue weighted by Gasteiger charge is -2.25. The van der Waals surface area contributed by atoms with Crippen LogP contribution in [0.3, 0.4) is 0 Å². The van der Waals surface area contributed by atoms with Gasteiger partial charge in [-0.2, -0.15) is 0 Å². The molecular formula is C13H20N4S. The monoisotopic (exact) mass is 264 g/mol. The van der Waals surface area contributed by atoms with Gasteiger partial charge in [0.2, 0.25) is 0 Å². The Morgan fingerprint density at radius 2 is 2.22 bits per heavy atom. The molecule has 0 aromatic carbocycles. The number of nitrogens with one attached hydrogen (secondary N) is 1. The van der Waals surface area contributed by atoms with E-state index in [2.05, 4.69) is 39.1 Å². The van der Waals surface area contributed by atoms with Crippen molar-refractivity contribution in [2.45, 2.75) is 39.3 Å². The summed E-state index contributed by atoms with van der Waals surface area (Å²) in [6, 6.07) is 0. The molecule has 0 atom stereocenters. The van der Waals surface area contributed by atoms with Crippen LogP contribution in [0.5, 0.6) is 0 Å². The van der Waals surface area contributed by atoms with Crippen LogP contribution >= 0.6 is 11.3 Å². The van der Waals surface area contributed by atoms with Crippen LogP contribution in [-0.4, -0.2) is 21.6 Å². The van der Waals surface area contributed by atoms with Crippen molar-refractivity contribution >= 4 is 11.3 Å². The summed E-state index contributed by atoms with van der Waals surface area (Å²) in [6.45, 7) is 7.28. The van der Waals surface area contributed by atoms with Crippen LogP contribution in [0.15, 0.2) is 17.9 Å². The zero-order valence-electron chi connectivity index (χ0n) is 11.4. The summed E-state index contributed by atoms with van der Waals surface area (Å²) >= 11 is 1.73. The van der Waals surface area contributed by atoms with Crippen molar-refractivity contribution < 1.29 is 0 Å². The maximum absolute atomic E-state index is 4.49. The highest BCUT2D eigenvalue weighted by Gasteiger charge is 2.21. The molecule has 1 N–H and O–H groups in total. The molecule has 5 heteroatoms. The average molecular weight is 264 g/mol. The van der Waals surface area contributed by atoms with E-state index in [-0.39, 0.29) is 5.54 Å². The van der Waals surface area contributed by atoms with Crippen molar-refractivity contribution in [2.75, 3.05) is 7.05 Å². The summed E-state index contributed by atoms with van der Waals surface area (Å²) in [4.78, 5) is 8.75. The van der Waals surface area contributed by atoms with Gasteiger partial charge in [0.15, 0.2) is 0 Å². The molecule has 2 rings (SSSR count). The molecule has 98 valence electrons. The SMILES string of the molecule is CNC(C)(C)c1cncn1CCc1nc(C)cs1. The first-order valence-corrected chi connectivity index (χ1v) is 7.01. The first-order valence-electron chi connectivity index (χ1n) is 6.13. The van der Waals surface area contributed by atoms with Gasteiger partial charge in [0.05, 0.1) is 22.6 Å². The summed E-state index contributed by atoms with van der Waals surface area (Å²) in [5.41, 5.74) is 2.25. The minimum absolute atomic E-state index is 0.0602. The van der Waals surface area contributed by atoms with Crippen LogP contribution in [0.2, 0.25) is 0 Å². The number of imidazole rings is 1. The Bertz CT molecular complexity index is 513. The van der Waals surface area contributed by atoms with Crippen LogP contribution < -0.4 is 5.32 Å². The van der Waals surface area contributed by atoms with E-state index in [9.17, 15) is 0 Å². The van der Waals surface area contributed by atoms with Gasteiger partial charge in [-0.25, -0.2) is 9.97 Å². The van der Waals surface area contributed by atoms with Gasteiger partial charge in [-0.1, -0.05) is 0 Å². The predicted molar refractivity (Wildman–Crippen MR) is 74.9 cm³/mol. The quantitative estimate of drug-likeness (QED) is 0.901. The molecule has 18 heavy (non-hydrogen) atoms. The van der Waals surface area contributed by atoms with Crippen LogP contribution in [0, 0.1) is 6.92 Å². The van der Waals surface area contributed by atoms with Gasteiger partial charge in [-0.3, -0.25) is 0 Å². The van der Waals surface area contributed by atoms with Crippen LogP contribution in [0.4, 0.5) is 0 Å². The maximum Gasteiger partial charge on any atom is 0.0948 e. The Morgan fingerprint density at radius 1 is 1.44 bits per heavy atom. The van der Waals surface area contributed by atoms with Gasteiger partial charge in [0.1, 0.15) is 0 Å². The minimum Gasteiger partial charge on any atom is -0.333 e. The van der Waals surface area contributed by atoms with E-state index in [4.69, 9.17) is 0 Å². The Balaban J connectivity index is 2.09. The molecule has 0 aliphatic carbocycles. The standard InChI is InChI=1S/C13H20N4S/c1-10-8-18-12(16-10)5-6-17-9-15-7-11(17)13(2,3)14-4/h7-9,14H,5-6H2,1-4H3. The average Bonchev–Trinajstić information content (AvgIpc) is 2.95. The third-order valence-electron chi connectivity index (χ3n) is 3.21. The fourth-order valence-corrected chi connectivity index (χ4v) is 2.65. The Labute approximate surface area is 112 Å². The summed E-state index contributed by atoms with van der Waals surface area (Å²) in [5, 5.41) is 6.60. The molecule has 0 amide bonds. The third-order valence-corrected chi connectivity index (χ3v) is 4.24. The first kappa shape index (κ1) is 13.2. The number of aromatic nitrogens is 3. The van der Waals surface area contributed by atoms with Gasteiger partial charge < -0.3 is 9.88 Å². The maximum atomic E-state index is 4.49. The third kappa shape index (κ3) is 2.79. The van der Waals surface area contributed by atoms with Crippen molar-refractivity contribution in [2.24, 2.45) is 0 Å². The molecule has 0 saturated carbocycles. The second kappa shape index (κ2) is 5.20. The fraction of sp³-hybridized carbons (Fsp3) is 0.538. The molecule has 0 saturated heterocycles. The fourth-order valence-electron chi connectivity index (χ4n) is 1.88. The largest absolute Gasteiger partial charge is 0.333 e.